The van der Waals surface area contributed by atoms with Crippen LogP contribution in [0.25, 0.3) is 10.8 Å². The molecule has 0 amide bonds. The van der Waals surface area contributed by atoms with E-state index in [0.717, 1.165) is 24.8 Å². The fourth-order valence-corrected chi connectivity index (χ4v) is 4.05. The second-order valence-corrected chi connectivity index (χ2v) is 6.89. The number of halogens is 2. The van der Waals surface area contributed by atoms with Gasteiger partial charge in [0.25, 0.3) is 0 Å². The van der Waals surface area contributed by atoms with E-state index in [2.05, 4.69) is 46.6 Å². The summed E-state index contributed by atoms with van der Waals surface area (Å²) in [5.41, 5.74) is 1.49. The number of ether oxygens (including phenoxy) is 1. The molecule has 0 unspecified atom stereocenters. The molecule has 138 valence electrons. The Morgan fingerprint density at radius 2 is 1.68 bits per heavy atom. The highest BCUT2D eigenvalue weighted by Gasteiger charge is 2.33. The van der Waals surface area contributed by atoms with Gasteiger partial charge in [0, 0.05) is 32.2 Å². The van der Waals surface area contributed by atoms with Crippen LogP contribution in [0.4, 0.5) is 0 Å². The van der Waals surface area contributed by atoms with E-state index in [1.807, 2.05) is 0 Å². The second-order valence-electron chi connectivity index (χ2n) is 6.89. The maximum atomic E-state index is 5.34. The molecule has 2 fully saturated rings. The molecular formula is C20H28Cl2N2O. The molecule has 1 heterocycles. The molecule has 3 nitrogen and oxygen atoms in total. The van der Waals surface area contributed by atoms with Crippen LogP contribution in [0.3, 0.4) is 0 Å². The normalized spacial score (nSPS) is 19.4. The molecule has 1 N–H and O–H groups in total. The van der Waals surface area contributed by atoms with Crippen LogP contribution < -0.4 is 10.1 Å². The van der Waals surface area contributed by atoms with E-state index >= 15 is 0 Å². The van der Waals surface area contributed by atoms with Gasteiger partial charge in [0.2, 0.25) is 0 Å². The Morgan fingerprint density at radius 3 is 2.32 bits per heavy atom. The molecule has 0 bridgehead atoms. The van der Waals surface area contributed by atoms with Crippen LogP contribution in [-0.4, -0.2) is 38.2 Å². The quantitative estimate of drug-likeness (QED) is 0.845. The lowest BCUT2D eigenvalue weighted by Crippen LogP contribution is -2.47. The zero-order chi connectivity index (χ0) is 15.6. The summed E-state index contributed by atoms with van der Waals surface area (Å²) in [5.74, 6) is 1.77. The van der Waals surface area contributed by atoms with Crippen molar-refractivity contribution in [2.45, 2.75) is 25.3 Å². The number of hydrogen-bond acceptors (Lipinski definition) is 3. The number of piperazine rings is 1. The van der Waals surface area contributed by atoms with Crippen molar-refractivity contribution in [3.8, 4) is 5.75 Å². The Labute approximate surface area is 162 Å². The van der Waals surface area contributed by atoms with Crippen molar-refractivity contribution in [2.75, 3.05) is 33.3 Å². The SMILES string of the molecule is COc1ccc2cc([C@H](C3CCC3)N3CCNCC3)ccc2c1.Cl.Cl. The Morgan fingerprint density at radius 1 is 1.00 bits per heavy atom. The van der Waals surface area contributed by atoms with Crippen molar-refractivity contribution in [3.05, 3.63) is 42.0 Å². The summed E-state index contributed by atoms with van der Waals surface area (Å²) < 4.78 is 5.34. The largest absolute Gasteiger partial charge is 0.497 e. The highest BCUT2D eigenvalue weighted by atomic mass is 35.5. The molecule has 1 aliphatic carbocycles. The second kappa shape index (κ2) is 9.09. The molecule has 2 aliphatic rings. The summed E-state index contributed by atoms with van der Waals surface area (Å²) in [6.07, 6.45) is 4.17. The van der Waals surface area contributed by atoms with Crippen LogP contribution >= 0.6 is 24.8 Å². The maximum Gasteiger partial charge on any atom is 0.119 e. The van der Waals surface area contributed by atoms with Crippen LogP contribution in [0.15, 0.2) is 36.4 Å². The zero-order valence-electron chi connectivity index (χ0n) is 14.7. The lowest BCUT2D eigenvalue weighted by molar-refractivity contribution is 0.0838. The fourth-order valence-electron chi connectivity index (χ4n) is 4.05. The van der Waals surface area contributed by atoms with Gasteiger partial charge in [0.1, 0.15) is 5.75 Å². The van der Waals surface area contributed by atoms with Crippen molar-refractivity contribution in [2.24, 2.45) is 5.92 Å². The molecule has 1 atom stereocenters. The first-order chi connectivity index (χ1) is 11.3. The first-order valence-electron chi connectivity index (χ1n) is 8.87. The first-order valence-corrected chi connectivity index (χ1v) is 8.87. The summed E-state index contributed by atoms with van der Waals surface area (Å²) in [4.78, 5) is 2.70. The number of benzene rings is 2. The number of methoxy groups -OCH3 is 1. The van der Waals surface area contributed by atoms with E-state index in [1.54, 1.807) is 7.11 Å². The summed E-state index contributed by atoms with van der Waals surface area (Å²) in [6, 6.07) is 14.0. The van der Waals surface area contributed by atoms with E-state index < -0.39 is 0 Å². The predicted octanol–water partition coefficient (Wildman–Crippen LogP) is 4.44. The van der Waals surface area contributed by atoms with Gasteiger partial charge in [-0.05, 0) is 53.3 Å². The van der Waals surface area contributed by atoms with Gasteiger partial charge in [0.05, 0.1) is 7.11 Å². The van der Waals surface area contributed by atoms with Gasteiger partial charge in [0.15, 0.2) is 0 Å². The third-order valence-electron chi connectivity index (χ3n) is 5.55. The minimum absolute atomic E-state index is 0. The summed E-state index contributed by atoms with van der Waals surface area (Å²) in [6.45, 7) is 4.58. The van der Waals surface area contributed by atoms with Crippen molar-refractivity contribution >= 4 is 35.6 Å². The van der Waals surface area contributed by atoms with Gasteiger partial charge in [-0.25, -0.2) is 0 Å². The predicted molar refractivity (Wildman–Crippen MR) is 110 cm³/mol. The Bertz CT molecular complexity index is 684. The average molecular weight is 383 g/mol. The summed E-state index contributed by atoms with van der Waals surface area (Å²) in [5, 5.41) is 6.07. The molecule has 0 radical (unpaired) electrons. The van der Waals surface area contributed by atoms with Crippen LogP contribution in [-0.2, 0) is 0 Å². The number of rotatable bonds is 4. The highest BCUT2D eigenvalue weighted by Crippen LogP contribution is 2.42. The molecule has 4 rings (SSSR count). The third-order valence-corrected chi connectivity index (χ3v) is 5.55. The fraction of sp³-hybridized carbons (Fsp3) is 0.500. The molecule has 0 spiro atoms. The van der Waals surface area contributed by atoms with Crippen molar-refractivity contribution in [3.63, 3.8) is 0 Å². The molecule has 2 aromatic rings. The highest BCUT2D eigenvalue weighted by molar-refractivity contribution is 5.86. The molecule has 1 saturated heterocycles. The van der Waals surface area contributed by atoms with E-state index in [9.17, 15) is 0 Å². The Hall–Kier alpha value is -1.000. The van der Waals surface area contributed by atoms with Gasteiger partial charge in [-0.3, -0.25) is 4.90 Å². The van der Waals surface area contributed by atoms with Crippen molar-refractivity contribution < 1.29 is 4.74 Å². The number of hydrogen-bond donors (Lipinski definition) is 1. The van der Waals surface area contributed by atoms with Crippen molar-refractivity contribution in [1.29, 1.82) is 0 Å². The summed E-state index contributed by atoms with van der Waals surface area (Å²) >= 11 is 0. The zero-order valence-corrected chi connectivity index (χ0v) is 16.4. The monoisotopic (exact) mass is 382 g/mol. The van der Waals surface area contributed by atoms with Gasteiger partial charge >= 0.3 is 0 Å². The molecular weight excluding hydrogens is 355 g/mol. The summed E-state index contributed by atoms with van der Waals surface area (Å²) in [7, 11) is 1.73. The molecule has 5 heteroatoms. The number of nitrogens with one attached hydrogen (secondary N) is 1. The van der Waals surface area contributed by atoms with Gasteiger partial charge in [-0.2, -0.15) is 0 Å². The lowest BCUT2D eigenvalue weighted by atomic mass is 9.76. The molecule has 25 heavy (non-hydrogen) atoms. The van der Waals surface area contributed by atoms with E-state index in [0.29, 0.717) is 6.04 Å². The first kappa shape index (κ1) is 20.3. The Balaban J connectivity index is 0.00000113. The van der Waals surface area contributed by atoms with Gasteiger partial charge in [-0.1, -0.05) is 24.6 Å². The standard InChI is InChI=1S/C20H26N2O.2ClH/c1-23-19-8-7-16-13-18(6-5-17(16)14-19)20(15-3-2-4-15)22-11-9-21-10-12-22;;/h5-8,13-15,20-21H,2-4,9-12H2,1H3;2*1H/t20-;;/m0../s1. The van der Waals surface area contributed by atoms with Crippen LogP contribution in [0.1, 0.15) is 30.9 Å². The van der Waals surface area contributed by atoms with E-state index in [-0.39, 0.29) is 24.8 Å². The minimum atomic E-state index is 0. The van der Waals surface area contributed by atoms with E-state index in [4.69, 9.17) is 4.74 Å². The minimum Gasteiger partial charge on any atom is -0.497 e. The average Bonchev–Trinajstić information content (AvgIpc) is 2.57. The van der Waals surface area contributed by atoms with Crippen LogP contribution in [0.2, 0.25) is 0 Å². The molecule has 2 aromatic carbocycles. The van der Waals surface area contributed by atoms with Crippen LogP contribution in [0.5, 0.6) is 5.75 Å². The smallest absolute Gasteiger partial charge is 0.119 e. The topological polar surface area (TPSA) is 24.5 Å². The molecule has 1 aliphatic heterocycles. The molecule has 1 saturated carbocycles. The van der Waals surface area contributed by atoms with Crippen LogP contribution in [0, 0.1) is 5.92 Å². The van der Waals surface area contributed by atoms with Gasteiger partial charge < -0.3 is 10.1 Å². The number of fused-ring (bicyclic) bond motifs is 1. The van der Waals surface area contributed by atoms with Crippen molar-refractivity contribution in [1.82, 2.24) is 10.2 Å². The Kier molecular flexibility index (Phi) is 7.38. The lowest BCUT2D eigenvalue weighted by Gasteiger charge is -2.43. The third kappa shape index (κ3) is 4.22. The molecule has 0 aromatic heterocycles. The number of nitrogens with zero attached hydrogens (tertiary/aromatic N) is 1. The maximum absolute atomic E-state index is 5.34. The van der Waals surface area contributed by atoms with Gasteiger partial charge in [-0.15, -0.1) is 24.8 Å². The van der Waals surface area contributed by atoms with E-state index in [1.165, 1.54) is 48.7 Å².